The Bertz CT molecular complexity index is 195. The zero-order valence-electron chi connectivity index (χ0n) is 7.25. The first-order valence-electron chi connectivity index (χ1n) is 4.46. The topological polar surface area (TPSA) is 41.6 Å². The molecule has 0 aromatic rings. The fourth-order valence-electron chi connectivity index (χ4n) is 1.97. The van der Waals surface area contributed by atoms with Gasteiger partial charge in [-0.25, -0.2) is 4.79 Å². The molecule has 2 unspecified atom stereocenters. The van der Waals surface area contributed by atoms with E-state index in [4.69, 9.17) is 4.74 Å². The SMILES string of the molecule is CC1NCCN2C(=O)OCCC12. The lowest BCUT2D eigenvalue weighted by Crippen LogP contribution is -2.60. The number of cyclic esters (lactones) is 1. The van der Waals surface area contributed by atoms with Gasteiger partial charge in [0.1, 0.15) is 0 Å². The molecular weight excluding hydrogens is 156 g/mol. The van der Waals surface area contributed by atoms with Gasteiger partial charge in [0.05, 0.1) is 12.6 Å². The van der Waals surface area contributed by atoms with Crippen molar-refractivity contribution in [1.82, 2.24) is 10.2 Å². The van der Waals surface area contributed by atoms with Crippen LogP contribution in [0.15, 0.2) is 0 Å². The van der Waals surface area contributed by atoms with E-state index in [0.29, 0.717) is 18.7 Å². The smallest absolute Gasteiger partial charge is 0.410 e. The van der Waals surface area contributed by atoms with Crippen LogP contribution in [0.5, 0.6) is 0 Å². The molecule has 0 radical (unpaired) electrons. The van der Waals surface area contributed by atoms with Gasteiger partial charge >= 0.3 is 6.09 Å². The van der Waals surface area contributed by atoms with Crippen molar-refractivity contribution in [3.63, 3.8) is 0 Å². The van der Waals surface area contributed by atoms with Crippen LogP contribution in [0.2, 0.25) is 0 Å². The number of carbonyl (C=O) groups is 1. The molecule has 0 saturated carbocycles. The first-order chi connectivity index (χ1) is 5.79. The Morgan fingerprint density at radius 1 is 1.67 bits per heavy atom. The van der Waals surface area contributed by atoms with Crippen molar-refractivity contribution < 1.29 is 9.53 Å². The minimum absolute atomic E-state index is 0.139. The van der Waals surface area contributed by atoms with E-state index < -0.39 is 0 Å². The van der Waals surface area contributed by atoms with Gasteiger partial charge in [0.25, 0.3) is 0 Å². The van der Waals surface area contributed by atoms with E-state index in [1.165, 1.54) is 0 Å². The molecule has 0 bridgehead atoms. The number of nitrogens with zero attached hydrogens (tertiary/aromatic N) is 1. The zero-order chi connectivity index (χ0) is 8.55. The minimum Gasteiger partial charge on any atom is -0.449 e. The van der Waals surface area contributed by atoms with Crippen LogP contribution in [0.4, 0.5) is 4.79 Å². The molecule has 0 aliphatic carbocycles. The molecule has 2 fully saturated rings. The van der Waals surface area contributed by atoms with E-state index in [2.05, 4.69) is 12.2 Å². The predicted molar refractivity (Wildman–Crippen MR) is 43.9 cm³/mol. The van der Waals surface area contributed by atoms with E-state index in [1.54, 1.807) is 0 Å². The summed E-state index contributed by atoms with van der Waals surface area (Å²) in [6, 6.07) is 0.756. The normalized spacial score (nSPS) is 35.8. The van der Waals surface area contributed by atoms with Crippen molar-refractivity contribution in [2.24, 2.45) is 0 Å². The molecular formula is C8H14N2O2. The van der Waals surface area contributed by atoms with Crippen molar-refractivity contribution in [3.05, 3.63) is 0 Å². The lowest BCUT2D eigenvalue weighted by atomic mass is 10.0. The summed E-state index contributed by atoms with van der Waals surface area (Å²) in [4.78, 5) is 13.1. The highest BCUT2D eigenvalue weighted by atomic mass is 16.6. The van der Waals surface area contributed by atoms with E-state index in [1.807, 2.05) is 4.90 Å². The Morgan fingerprint density at radius 3 is 3.25 bits per heavy atom. The quantitative estimate of drug-likeness (QED) is 0.564. The first-order valence-corrected chi connectivity index (χ1v) is 4.46. The molecule has 0 spiro atoms. The zero-order valence-corrected chi connectivity index (χ0v) is 7.25. The fourth-order valence-corrected chi connectivity index (χ4v) is 1.97. The van der Waals surface area contributed by atoms with Gasteiger partial charge < -0.3 is 15.0 Å². The second-order valence-corrected chi connectivity index (χ2v) is 3.41. The number of carbonyl (C=O) groups excluding carboxylic acids is 1. The Morgan fingerprint density at radius 2 is 2.50 bits per heavy atom. The lowest BCUT2D eigenvalue weighted by molar-refractivity contribution is 0.0221. The maximum Gasteiger partial charge on any atom is 0.410 e. The molecule has 4 nitrogen and oxygen atoms in total. The molecule has 4 heteroatoms. The maximum absolute atomic E-state index is 11.2. The molecule has 1 N–H and O–H groups in total. The van der Waals surface area contributed by atoms with Crippen LogP contribution < -0.4 is 5.32 Å². The molecule has 2 aliphatic heterocycles. The van der Waals surface area contributed by atoms with Gasteiger partial charge in [0.15, 0.2) is 0 Å². The number of ether oxygens (including phenoxy) is 1. The highest BCUT2D eigenvalue weighted by Gasteiger charge is 2.35. The Kier molecular flexibility index (Phi) is 1.92. The number of piperazine rings is 1. The standard InChI is InChI=1S/C8H14N2O2/c1-6-7-2-5-12-8(11)10(7)4-3-9-6/h6-7,9H,2-5H2,1H3. The monoisotopic (exact) mass is 170 g/mol. The van der Waals surface area contributed by atoms with Gasteiger partial charge in [-0.05, 0) is 6.92 Å². The first kappa shape index (κ1) is 7.86. The van der Waals surface area contributed by atoms with Crippen LogP contribution in [0.3, 0.4) is 0 Å². The van der Waals surface area contributed by atoms with Crippen LogP contribution in [0.25, 0.3) is 0 Å². The van der Waals surface area contributed by atoms with Crippen LogP contribution in [-0.2, 0) is 4.74 Å². The number of nitrogens with one attached hydrogen (secondary N) is 1. The van der Waals surface area contributed by atoms with Crippen LogP contribution >= 0.6 is 0 Å². The summed E-state index contributed by atoms with van der Waals surface area (Å²) < 4.78 is 4.95. The molecule has 0 aromatic heterocycles. The fraction of sp³-hybridized carbons (Fsp3) is 0.875. The summed E-state index contributed by atoms with van der Waals surface area (Å²) in [7, 11) is 0. The lowest BCUT2D eigenvalue weighted by Gasteiger charge is -2.42. The summed E-state index contributed by atoms with van der Waals surface area (Å²) in [5.41, 5.74) is 0. The molecule has 2 atom stereocenters. The molecule has 2 aliphatic rings. The Hall–Kier alpha value is -0.770. The van der Waals surface area contributed by atoms with Gasteiger partial charge in [-0.3, -0.25) is 0 Å². The van der Waals surface area contributed by atoms with E-state index in [-0.39, 0.29) is 6.09 Å². The van der Waals surface area contributed by atoms with Gasteiger partial charge in [-0.2, -0.15) is 0 Å². The molecule has 68 valence electrons. The highest BCUT2D eigenvalue weighted by Crippen LogP contribution is 2.18. The number of rotatable bonds is 0. The number of hydrogen-bond acceptors (Lipinski definition) is 3. The van der Waals surface area contributed by atoms with Crippen molar-refractivity contribution in [3.8, 4) is 0 Å². The molecule has 2 heterocycles. The largest absolute Gasteiger partial charge is 0.449 e. The van der Waals surface area contributed by atoms with Crippen molar-refractivity contribution in [2.45, 2.75) is 25.4 Å². The van der Waals surface area contributed by atoms with Crippen LogP contribution in [-0.4, -0.2) is 42.8 Å². The molecule has 12 heavy (non-hydrogen) atoms. The molecule has 2 rings (SSSR count). The maximum atomic E-state index is 11.2. The second kappa shape index (κ2) is 2.94. The third-order valence-electron chi connectivity index (χ3n) is 2.67. The van der Waals surface area contributed by atoms with Gasteiger partial charge in [0, 0.05) is 25.6 Å². The van der Waals surface area contributed by atoms with E-state index >= 15 is 0 Å². The minimum atomic E-state index is -0.139. The summed E-state index contributed by atoms with van der Waals surface area (Å²) in [5, 5.41) is 3.35. The molecule has 0 aromatic carbocycles. The van der Waals surface area contributed by atoms with E-state index in [0.717, 1.165) is 19.5 Å². The predicted octanol–water partition coefficient (Wildman–Crippen LogP) is 0.189. The summed E-state index contributed by atoms with van der Waals surface area (Å²) in [6.07, 6.45) is 0.819. The Labute approximate surface area is 71.9 Å². The van der Waals surface area contributed by atoms with Crippen molar-refractivity contribution in [1.29, 1.82) is 0 Å². The third-order valence-corrected chi connectivity index (χ3v) is 2.67. The van der Waals surface area contributed by atoms with Gasteiger partial charge in [-0.15, -0.1) is 0 Å². The second-order valence-electron chi connectivity index (χ2n) is 3.41. The third kappa shape index (κ3) is 1.16. The number of amides is 1. The van der Waals surface area contributed by atoms with Crippen LogP contribution in [0, 0.1) is 0 Å². The number of hydrogen-bond donors (Lipinski definition) is 1. The molecule has 1 amide bonds. The Balaban J connectivity index is 2.10. The number of fused-ring (bicyclic) bond motifs is 1. The van der Waals surface area contributed by atoms with Crippen molar-refractivity contribution >= 4 is 6.09 Å². The summed E-state index contributed by atoms with van der Waals surface area (Å²) in [6.45, 7) is 4.36. The van der Waals surface area contributed by atoms with Crippen LogP contribution in [0.1, 0.15) is 13.3 Å². The van der Waals surface area contributed by atoms with Gasteiger partial charge in [0.2, 0.25) is 0 Å². The summed E-state index contributed by atoms with van der Waals surface area (Å²) in [5.74, 6) is 0. The van der Waals surface area contributed by atoms with Gasteiger partial charge in [-0.1, -0.05) is 0 Å². The van der Waals surface area contributed by atoms with Crippen molar-refractivity contribution in [2.75, 3.05) is 19.7 Å². The highest BCUT2D eigenvalue weighted by molar-refractivity contribution is 5.69. The van der Waals surface area contributed by atoms with E-state index in [9.17, 15) is 4.79 Å². The average Bonchev–Trinajstić information content (AvgIpc) is 2.07. The average molecular weight is 170 g/mol. The summed E-state index contributed by atoms with van der Waals surface area (Å²) >= 11 is 0. The molecule has 2 saturated heterocycles.